The molecule has 1 aromatic heterocycles. The Balaban J connectivity index is 2.41. The number of ether oxygens (including phenoxy) is 1. The summed E-state index contributed by atoms with van der Waals surface area (Å²) in [7, 11) is 0. The van der Waals surface area contributed by atoms with Crippen molar-refractivity contribution in [2.75, 3.05) is 0 Å². The Morgan fingerprint density at radius 2 is 2.20 bits per heavy atom. The van der Waals surface area contributed by atoms with Crippen LogP contribution >= 0.6 is 0 Å². The fourth-order valence-corrected chi connectivity index (χ4v) is 1.59. The molecule has 0 unspecified atom stereocenters. The Morgan fingerprint density at radius 1 is 1.40 bits per heavy atom. The molecule has 0 saturated carbocycles. The van der Waals surface area contributed by atoms with E-state index in [1.165, 1.54) is 12.6 Å². The van der Waals surface area contributed by atoms with Gasteiger partial charge in [-0.1, -0.05) is 6.92 Å². The van der Waals surface area contributed by atoms with Gasteiger partial charge < -0.3 is 9.72 Å². The highest BCUT2D eigenvalue weighted by Gasteiger charge is 2.02. The zero-order valence-electron chi connectivity index (χ0n) is 8.83. The van der Waals surface area contributed by atoms with Gasteiger partial charge >= 0.3 is 5.97 Å². The van der Waals surface area contributed by atoms with E-state index in [2.05, 4.69) is 18.0 Å². The molecule has 0 spiro atoms. The maximum atomic E-state index is 10.8. The first kappa shape index (κ1) is 9.77. The molecule has 15 heavy (non-hydrogen) atoms. The molecular formula is C12H13NO2. The number of hydrogen-bond donors (Lipinski definition) is 1. The summed E-state index contributed by atoms with van der Waals surface area (Å²) in [6.45, 7) is 3.50. The third kappa shape index (κ3) is 2.01. The Bertz CT molecular complexity index is 499. The number of aromatic nitrogens is 1. The smallest absolute Gasteiger partial charge is 0.308 e. The van der Waals surface area contributed by atoms with E-state index in [0.29, 0.717) is 5.75 Å². The molecule has 78 valence electrons. The van der Waals surface area contributed by atoms with Crippen molar-refractivity contribution in [3.63, 3.8) is 0 Å². The fraction of sp³-hybridized carbons (Fsp3) is 0.250. The maximum Gasteiger partial charge on any atom is 0.308 e. The number of fused-ring (bicyclic) bond motifs is 1. The summed E-state index contributed by atoms with van der Waals surface area (Å²) >= 11 is 0. The summed E-state index contributed by atoms with van der Waals surface area (Å²) in [4.78, 5) is 14.1. The van der Waals surface area contributed by atoms with E-state index < -0.39 is 0 Å². The minimum atomic E-state index is -0.291. The second-order valence-electron chi connectivity index (χ2n) is 3.49. The standard InChI is InChI=1S/C12H13NO2/c1-3-10-6-9-7-11(15-8(2)14)4-5-12(9)13-10/h4-7,13H,3H2,1-2H3. The molecule has 0 saturated heterocycles. The van der Waals surface area contributed by atoms with E-state index in [1.807, 2.05) is 12.1 Å². The number of esters is 1. The SMILES string of the molecule is CCc1cc2cc(OC(C)=O)ccc2[nH]1. The van der Waals surface area contributed by atoms with Crippen molar-refractivity contribution in [3.05, 3.63) is 30.0 Å². The van der Waals surface area contributed by atoms with E-state index in [4.69, 9.17) is 4.74 Å². The number of aryl methyl sites for hydroxylation is 1. The van der Waals surface area contributed by atoms with E-state index >= 15 is 0 Å². The number of carbonyl (C=O) groups is 1. The molecule has 2 rings (SSSR count). The van der Waals surface area contributed by atoms with Crippen molar-refractivity contribution >= 4 is 16.9 Å². The summed E-state index contributed by atoms with van der Waals surface area (Å²) < 4.78 is 5.01. The molecule has 2 aromatic rings. The first-order valence-electron chi connectivity index (χ1n) is 4.99. The topological polar surface area (TPSA) is 42.1 Å². The van der Waals surface area contributed by atoms with Crippen molar-refractivity contribution in [1.82, 2.24) is 4.98 Å². The maximum absolute atomic E-state index is 10.8. The van der Waals surface area contributed by atoms with Crippen LogP contribution in [0.15, 0.2) is 24.3 Å². The van der Waals surface area contributed by atoms with Crippen molar-refractivity contribution in [2.45, 2.75) is 20.3 Å². The molecule has 0 amide bonds. The van der Waals surface area contributed by atoms with Crippen LogP contribution in [0.2, 0.25) is 0 Å². The number of benzene rings is 1. The molecule has 0 radical (unpaired) electrons. The molecule has 3 nitrogen and oxygen atoms in total. The van der Waals surface area contributed by atoms with Crippen LogP contribution in [0.3, 0.4) is 0 Å². The van der Waals surface area contributed by atoms with Gasteiger partial charge in [0.15, 0.2) is 0 Å². The Hall–Kier alpha value is -1.77. The van der Waals surface area contributed by atoms with Gasteiger partial charge in [0.25, 0.3) is 0 Å². The van der Waals surface area contributed by atoms with Crippen molar-refractivity contribution in [1.29, 1.82) is 0 Å². The summed E-state index contributed by atoms with van der Waals surface area (Å²) in [5.74, 6) is 0.303. The first-order valence-corrected chi connectivity index (χ1v) is 4.99. The molecule has 0 atom stereocenters. The number of nitrogens with one attached hydrogen (secondary N) is 1. The Kier molecular flexibility index (Phi) is 2.46. The molecular weight excluding hydrogens is 190 g/mol. The third-order valence-corrected chi connectivity index (χ3v) is 2.29. The van der Waals surface area contributed by atoms with Gasteiger partial charge in [-0.15, -0.1) is 0 Å². The van der Waals surface area contributed by atoms with Gasteiger partial charge in [0, 0.05) is 23.5 Å². The van der Waals surface area contributed by atoms with Crippen LogP contribution in [-0.2, 0) is 11.2 Å². The third-order valence-electron chi connectivity index (χ3n) is 2.29. The lowest BCUT2D eigenvalue weighted by Crippen LogP contribution is -2.00. The summed E-state index contributed by atoms with van der Waals surface area (Å²) in [6, 6.07) is 7.65. The van der Waals surface area contributed by atoms with Gasteiger partial charge in [-0.2, -0.15) is 0 Å². The molecule has 1 heterocycles. The van der Waals surface area contributed by atoms with E-state index in [0.717, 1.165) is 17.3 Å². The monoisotopic (exact) mass is 203 g/mol. The van der Waals surface area contributed by atoms with Crippen LogP contribution in [0.5, 0.6) is 5.75 Å². The molecule has 0 aliphatic carbocycles. The van der Waals surface area contributed by atoms with Crippen LogP contribution < -0.4 is 4.74 Å². The highest BCUT2D eigenvalue weighted by molar-refractivity contribution is 5.82. The molecule has 3 heteroatoms. The van der Waals surface area contributed by atoms with Crippen LogP contribution in [-0.4, -0.2) is 11.0 Å². The molecule has 0 fully saturated rings. The number of carbonyl (C=O) groups excluding carboxylic acids is 1. The molecule has 1 N–H and O–H groups in total. The largest absolute Gasteiger partial charge is 0.427 e. The number of H-pyrrole nitrogens is 1. The summed E-state index contributed by atoms with van der Waals surface area (Å²) in [5, 5.41) is 1.07. The number of hydrogen-bond acceptors (Lipinski definition) is 2. The van der Waals surface area contributed by atoms with Gasteiger partial charge in [0.2, 0.25) is 0 Å². The Labute approximate surface area is 88.1 Å². The van der Waals surface area contributed by atoms with Crippen LogP contribution in [0.1, 0.15) is 19.5 Å². The first-order chi connectivity index (χ1) is 7.19. The Morgan fingerprint density at radius 3 is 2.87 bits per heavy atom. The lowest BCUT2D eigenvalue weighted by Gasteiger charge is -1.99. The second-order valence-corrected chi connectivity index (χ2v) is 3.49. The van der Waals surface area contributed by atoms with E-state index in [-0.39, 0.29) is 5.97 Å². The second kappa shape index (κ2) is 3.77. The zero-order valence-corrected chi connectivity index (χ0v) is 8.83. The molecule has 0 aliphatic rings. The minimum absolute atomic E-state index is 0.291. The van der Waals surface area contributed by atoms with E-state index in [9.17, 15) is 4.79 Å². The normalized spacial score (nSPS) is 10.5. The highest BCUT2D eigenvalue weighted by atomic mass is 16.5. The zero-order chi connectivity index (χ0) is 10.8. The van der Waals surface area contributed by atoms with E-state index in [1.54, 1.807) is 6.07 Å². The minimum Gasteiger partial charge on any atom is -0.427 e. The predicted octanol–water partition coefficient (Wildman–Crippen LogP) is 2.66. The van der Waals surface area contributed by atoms with Crippen LogP contribution in [0, 0.1) is 0 Å². The van der Waals surface area contributed by atoms with Crippen molar-refractivity contribution in [3.8, 4) is 5.75 Å². The molecule has 0 aliphatic heterocycles. The summed E-state index contributed by atoms with van der Waals surface area (Å²) in [5.41, 5.74) is 2.26. The van der Waals surface area contributed by atoms with Gasteiger partial charge in [0.1, 0.15) is 5.75 Å². The molecule has 1 aromatic carbocycles. The highest BCUT2D eigenvalue weighted by Crippen LogP contribution is 2.21. The van der Waals surface area contributed by atoms with Crippen molar-refractivity contribution in [2.24, 2.45) is 0 Å². The lowest BCUT2D eigenvalue weighted by molar-refractivity contribution is -0.131. The van der Waals surface area contributed by atoms with Crippen molar-refractivity contribution < 1.29 is 9.53 Å². The predicted molar refractivity (Wildman–Crippen MR) is 59.0 cm³/mol. The average Bonchev–Trinajstić information content (AvgIpc) is 2.58. The van der Waals surface area contributed by atoms with Crippen LogP contribution in [0.25, 0.3) is 10.9 Å². The quantitative estimate of drug-likeness (QED) is 0.602. The van der Waals surface area contributed by atoms with Crippen LogP contribution in [0.4, 0.5) is 0 Å². The number of aromatic amines is 1. The molecule has 0 bridgehead atoms. The fourth-order valence-electron chi connectivity index (χ4n) is 1.59. The van der Waals surface area contributed by atoms with Gasteiger partial charge in [0.05, 0.1) is 0 Å². The van der Waals surface area contributed by atoms with Gasteiger partial charge in [-0.05, 0) is 30.7 Å². The van der Waals surface area contributed by atoms with Gasteiger partial charge in [-0.3, -0.25) is 4.79 Å². The number of rotatable bonds is 2. The average molecular weight is 203 g/mol. The summed E-state index contributed by atoms with van der Waals surface area (Å²) in [6.07, 6.45) is 0.970. The van der Waals surface area contributed by atoms with Gasteiger partial charge in [-0.25, -0.2) is 0 Å². The lowest BCUT2D eigenvalue weighted by atomic mass is 10.2.